The lowest BCUT2D eigenvalue weighted by Crippen LogP contribution is -2.35. The van der Waals surface area contributed by atoms with Gasteiger partial charge in [-0.1, -0.05) is 0 Å². The Labute approximate surface area is 120 Å². The van der Waals surface area contributed by atoms with E-state index >= 15 is 0 Å². The fourth-order valence-electron chi connectivity index (χ4n) is 1.69. The monoisotopic (exact) mass is 298 g/mol. The van der Waals surface area contributed by atoms with Crippen LogP contribution in [0.25, 0.3) is 10.2 Å². The van der Waals surface area contributed by atoms with E-state index < -0.39 is 0 Å². The first-order chi connectivity index (χ1) is 8.95. The van der Waals surface area contributed by atoms with Crippen molar-refractivity contribution in [2.24, 2.45) is 0 Å². The number of carbonyl (C=O) groups excluding carboxylic acids is 1. The Morgan fingerprint density at radius 2 is 2.21 bits per heavy atom. The Bertz CT molecular complexity index is 611. The molecule has 0 spiro atoms. The quantitative estimate of drug-likeness (QED) is 0.852. The highest BCUT2D eigenvalue weighted by atomic mass is 35.5. The fraction of sp³-hybridized carbons (Fsp3) is 0.417. The van der Waals surface area contributed by atoms with Crippen molar-refractivity contribution >= 4 is 44.9 Å². The van der Waals surface area contributed by atoms with E-state index in [9.17, 15) is 4.79 Å². The molecule has 0 radical (unpaired) electrons. The van der Waals surface area contributed by atoms with E-state index in [0.717, 1.165) is 15.1 Å². The van der Waals surface area contributed by atoms with Crippen LogP contribution in [0.1, 0.15) is 18.7 Å². The van der Waals surface area contributed by atoms with Crippen molar-refractivity contribution in [3.8, 4) is 0 Å². The summed E-state index contributed by atoms with van der Waals surface area (Å²) in [6, 6.07) is 2.10. The van der Waals surface area contributed by atoms with Gasteiger partial charge >= 0.3 is 0 Å². The van der Waals surface area contributed by atoms with Crippen LogP contribution in [0.15, 0.2) is 6.07 Å². The van der Waals surface area contributed by atoms with E-state index in [1.54, 1.807) is 11.3 Å². The minimum absolute atomic E-state index is 0.0789. The van der Waals surface area contributed by atoms with Crippen molar-refractivity contribution in [1.29, 1.82) is 0 Å². The van der Waals surface area contributed by atoms with E-state index in [0.29, 0.717) is 5.82 Å². The summed E-state index contributed by atoms with van der Waals surface area (Å²) in [5.74, 6) is 0.517. The first-order valence-corrected chi connectivity index (χ1v) is 7.12. The van der Waals surface area contributed by atoms with Crippen LogP contribution in [0.2, 0.25) is 5.28 Å². The first-order valence-electron chi connectivity index (χ1n) is 5.92. The lowest BCUT2D eigenvalue weighted by atomic mass is 10.3. The second kappa shape index (κ2) is 5.71. The molecule has 0 atom stereocenters. The Morgan fingerprint density at radius 1 is 1.47 bits per heavy atom. The Hall–Kier alpha value is -1.40. The van der Waals surface area contributed by atoms with Crippen molar-refractivity contribution in [1.82, 2.24) is 15.3 Å². The van der Waals surface area contributed by atoms with Crippen LogP contribution in [0, 0.1) is 6.92 Å². The number of nitrogens with one attached hydrogen (secondary N) is 2. The van der Waals surface area contributed by atoms with Gasteiger partial charge in [-0.05, 0) is 38.4 Å². The number of aryl methyl sites for hydroxylation is 1. The van der Waals surface area contributed by atoms with Crippen LogP contribution in [-0.4, -0.2) is 28.5 Å². The molecule has 19 heavy (non-hydrogen) atoms. The Balaban J connectivity index is 2.18. The average molecular weight is 299 g/mol. The zero-order valence-corrected chi connectivity index (χ0v) is 12.5. The zero-order valence-electron chi connectivity index (χ0n) is 11.0. The van der Waals surface area contributed by atoms with Crippen LogP contribution in [-0.2, 0) is 4.79 Å². The number of hydrogen-bond donors (Lipinski definition) is 2. The largest absolute Gasteiger partial charge is 0.360 e. The van der Waals surface area contributed by atoms with Crippen molar-refractivity contribution in [3.05, 3.63) is 16.2 Å². The molecule has 1 amide bonds. The van der Waals surface area contributed by atoms with Crippen molar-refractivity contribution in [3.63, 3.8) is 0 Å². The number of rotatable bonds is 4. The van der Waals surface area contributed by atoms with E-state index in [1.807, 2.05) is 26.8 Å². The Morgan fingerprint density at radius 3 is 2.89 bits per heavy atom. The molecule has 2 aromatic heterocycles. The number of hydrogen-bond acceptors (Lipinski definition) is 5. The molecule has 2 rings (SSSR count). The predicted molar refractivity (Wildman–Crippen MR) is 78.9 cm³/mol. The number of nitrogens with zero attached hydrogens (tertiary/aromatic N) is 2. The van der Waals surface area contributed by atoms with Gasteiger partial charge in [0.2, 0.25) is 11.2 Å². The molecule has 2 aromatic rings. The van der Waals surface area contributed by atoms with Gasteiger partial charge in [-0.3, -0.25) is 4.79 Å². The molecule has 0 unspecified atom stereocenters. The molecule has 0 aromatic carbocycles. The second-order valence-corrected chi connectivity index (χ2v) is 6.07. The molecule has 2 N–H and O–H groups in total. The third kappa shape index (κ3) is 3.54. The number of carbonyl (C=O) groups is 1. The normalized spacial score (nSPS) is 11.0. The van der Waals surface area contributed by atoms with Gasteiger partial charge in [0.25, 0.3) is 0 Å². The van der Waals surface area contributed by atoms with E-state index in [4.69, 9.17) is 11.6 Å². The van der Waals surface area contributed by atoms with Crippen LogP contribution in [0.3, 0.4) is 0 Å². The SMILES string of the molecule is Cc1cc2c(NCC(=O)NC(C)C)nc(Cl)nc2s1. The van der Waals surface area contributed by atoms with Gasteiger partial charge in [0, 0.05) is 10.9 Å². The summed E-state index contributed by atoms with van der Waals surface area (Å²) in [6.07, 6.45) is 0. The number of amides is 1. The smallest absolute Gasteiger partial charge is 0.239 e. The second-order valence-electron chi connectivity index (χ2n) is 4.49. The summed E-state index contributed by atoms with van der Waals surface area (Å²) in [5.41, 5.74) is 0. The van der Waals surface area contributed by atoms with Gasteiger partial charge in [-0.25, -0.2) is 9.97 Å². The molecule has 0 aliphatic heterocycles. The highest BCUT2D eigenvalue weighted by molar-refractivity contribution is 7.18. The summed E-state index contributed by atoms with van der Waals surface area (Å²) in [5, 5.41) is 6.89. The highest BCUT2D eigenvalue weighted by Gasteiger charge is 2.11. The van der Waals surface area contributed by atoms with Crippen molar-refractivity contribution in [2.75, 3.05) is 11.9 Å². The molecule has 0 aliphatic carbocycles. The van der Waals surface area contributed by atoms with E-state index in [-0.39, 0.29) is 23.8 Å². The molecule has 5 nitrogen and oxygen atoms in total. The van der Waals surface area contributed by atoms with Crippen molar-refractivity contribution in [2.45, 2.75) is 26.8 Å². The molecular weight excluding hydrogens is 284 g/mol. The van der Waals surface area contributed by atoms with Crippen LogP contribution < -0.4 is 10.6 Å². The topological polar surface area (TPSA) is 66.9 Å². The maximum Gasteiger partial charge on any atom is 0.239 e. The molecule has 0 saturated heterocycles. The molecular formula is C12H15ClN4OS. The lowest BCUT2D eigenvalue weighted by molar-refractivity contribution is -0.119. The third-order valence-corrected chi connectivity index (χ3v) is 3.47. The summed E-state index contributed by atoms with van der Waals surface area (Å²) in [6.45, 7) is 5.99. The van der Waals surface area contributed by atoms with E-state index in [2.05, 4.69) is 20.6 Å². The summed E-state index contributed by atoms with van der Waals surface area (Å²) >= 11 is 7.43. The number of halogens is 1. The highest BCUT2D eigenvalue weighted by Crippen LogP contribution is 2.29. The lowest BCUT2D eigenvalue weighted by Gasteiger charge is -2.10. The van der Waals surface area contributed by atoms with Gasteiger partial charge in [-0.2, -0.15) is 0 Å². The van der Waals surface area contributed by atoms with E-state index in [1.165, 1.54) is 0 Å². The van der Waals surface area contributed by atoms with Crippen LogP contribution in [0.5, 0.6) is 0 Å². The molecule has 0 saturated carbocycles. The van der Waals surface area contributed by atoms with Gasteiger partial charge < -0.3 is 10.6 Å². The van der Waals surface area contributed by atoms with Gasteiger partial charge in [0.15, 0.2) is 0 Å². The molecule has 0 fully saturated rings. The summed E-state index contributed by atoms with van der Waals surface area (Å²) in [7, 11) is 0. The predicted octanol–water partition coefficient (Wildman–Crippen LogP) is 2.59. The molecule has 7 heteroatoms. The summed E-state index contributed by atoms with van der Waals surface area (Å²) in [4.78, 5) is 21.9. The number of anilines is 1. The minimum Gasteiger partial charge on any atom is -0.360 e. The molecule has 102 valence electrons. The van der Waals surface area contributed by atoms with Gasteiger partial charge in [0.05, 0.1) is 11.9 Å². The number of fused-ring (bicyclic) bond motifs is 1. The Kier molecular flexibility index (Phi) is 4.21. The first kappa shape index (κ1) is 14.0. The maximum atomic E-state index is 11.6. The van der Waals surface area contributed by atoms with Crippen molar-refractivity contribution < 1.29 is 4.79 Å². The van der Waals surface area contributed by atoms with Gasteiger partial charge in [-0.15, -0.1) is 11.3 Å². The number of thiophene rings is 1. The summed E-state index contributed by atoms with van der Waals surface area (Å²) < 4.78 is 0. The van der Waals surface area contributed by atoms with Crippen LogP contribution >= 0.6 is 22.9 Å². The van der Waals surface area contributed by atoms with Crippen LogP contribution in [0.4, 0.5) is 5.82 Å². The third-order valence-electron chi connectivity index (χ3n) is 2.35. The maximum absolute atomic E-state index is 11.6. The fourth-order valence-corrected chi connectivity index (χ4v) is 2.79. The van der Waals surface area contributed by atoms with Gasteiger partial charge in [0.1, 0.15) is 10.6 Å². The minimum atomic E-state index is -0.0789. The number of aromatic nitrogens is 2. The zero-order chi connectivity index (χ0) is 14.0. The molecule has 2 heterocycles. The molecule has 0 bridgehead atoms. The average Bonchev–Trinajstić information content (AvgIpc) is 2.65. The standard InChI is InChI=1S/C12H15ClN4OS/c1-6(2)15-9(18)5-14-10-8-4-7(3)19-11(8)17-12(13)16-10/h4,6H,5H2,1-3H3,(H,15,18)(H,14,16,17). The molecule has 0 aliphatic rings.